The van der Waals surface area contributed by atoms with Gasteiger partial charge in [0.1, 0.15) is 0 Å². The number of rotatable bonds is 4. The van der Waals surface area contributed by atoms with E-state index in [9.17, 15) is 14.7 Å². The first-order chi connectivity index (χ1) is 9.48. The number of carbonyl (C=O) groups excluding carboxylic acids is 2. The molecule has 1 saturated carbocycles. The number of aliphatic hydroxyl groups is 1. The number of nitrogens with zero attached hydrogens (tertiary/aromatic N) is 1. The molecule has 0 bridgehead atoms. The second-order valence-corrected chi connectivity index (χ2v) is 6.35. The molecule has 1 aliphatic heterocycles. The molecule has 1 saturated heterocycles. The van der Waals surface area contributed by atoms with Crippen LogP contribution >= 0.6 is 0 Å². The minimum Gasteiger partial charge on any atom is -0.394 e. The van der Waals surface area contributed by atoms with Crippen molar-refractivity contribution in [1.82, 2.24) is 4.90 Å². The average Bonchev–Trinajstić information content (AvgIpc) is 2.89. The summed E-state index contributed by atoms with van der Waals surface area (Å²) < 4.78 is 0. The van der Waals surface area contributed by atoms with Crippen molar-refractivity contribution in [2.45, 2.75) is 26.3 Å². The quantitative estimate of drug-likeness (QED) is 0.839. The van der Waals surface area contributed by atoms with Crippen molar-refractivity contribution in [2.75, 3.05) is 6.61 Å². The molecule has 2 amide bonds. The molecule has 1 aromatic carbocycles. The van der Waals surface area contributed by atoms with Gasteiger partial charge in [0.15, 0.2) is 0 Å². The van der Waals surface area contributed by atoms with Gasteiger partial charge in [-0.25, -0.2) is 0 Å². The molecule has 3 rings (SSSR count). The van der Waals surface area contributed by atoms with E-state index in [0.717, 1.165) is 5.56 Å². The fourth-order valence-corrected chi connectivity index (χ4v) is 3.45. The summed E-state index contributed by atoms with van der Waals surface area (Å²) in [6, 6.07) is 9.19. The maximum absolute atomic E-state index is 12.4. The molecular weight excluding hydrogens is 254 g/mol. The number of hydrogen-bond donors (Lipinski definition) is 1. The van der Waals surface area contributed by atoms with E-state index in [1.807, 2.05) is 44.2 Å². The second-order valence-electron chi connectivity index (χ2n) is 6.35. The summed E-state index contributed by atoms with van der Waals surface area (Å²) in [6.45, 7) is 3.73. The van der Waals surface area contributed by atoms with Gasteiger partial charge in [0, 0.05) is 0 Å². The molecule has 0 radical (unpaired) electrons. The van der Waals surface area contributed by atoms with Gasteiger partial charge in [-0.15, -0.1) is 0 Å². The van der Waals surface area contributed by atoms with Gasteiger partial charge >= 0.3 is 0 Å². The van der Waals surface area contributed by atoms with Gasteiger partial charge < -0.3 is 5.11 Å². The summed E-state index contributed by atoms with van der Waals surface area (Å²) in [5.74, 6) is -0.584. The highest BCUT2D eigenvalue weighted by Gasteiger charge is 2.73. The summed E-state index contributed by atoms with van der Waals surface area (Å²) in [7, 11) is 0. The van der Waals surface area contributed by atoms with Gasteiger partial charge in [-0.3, -0.25) is 14.5 Å². The molecule has 2 fully saturated rings. The molecule has 1 heterocycles. The Bertz CT molecular complexity index is 528. The third-order valence-electron chi connectivity index (χ3n) is 4.72. The van der Waals surface area contributed by atoms with Crippen LogP contribution in [0.4, 0.5) is 0 Å². The van der Waals surface area contributed by atoms with Crippen molar-refractivity contribution in [1.29, 1.82) is 0 Å². The molecule has 0 spiro atoms. The number of aliphatic hydroxyl groups excluding tert-OH is 1. The Morgan fingerprint density at radius 1 is 1.15 bits per heavy atom. The summed E-state index contributed by atoms with van der Waals surface area (Å²) in [4.78, 5) is 26.0. The summed E-state index contributed by atoms with van der Waals surface area (Å²) in [5, 5.41) is 9.57. The second kappa shape index (κ2) is 4.42. The van der Waals surface area contributed by atoms with Crippen LogP contribution in [0, 0.1) is 17.3 Å². The summed E-state index contributed by atoms with van der Waals surface area (Å²) in [6.07, 6.45) is 0.509. The van der Waals surface area contributed by atoms with Crippen LogP contribution in [-0.2, 0) is 16.0 Å². The van der Waals surface area contributed by atoms with Crippen molar-refractivity contribution >= 4 is 11.8 Å². The van der Waals surface area contributed by atoms with Gasteiger partial charge in [-0.1, -0.05) is 44.2 Å². The minimum absolute atomic E-state index is 0.111. The van der Waals surface area contributed by atoms with E-state index in [2.05, 4.69) is 0 Å². The zero-order valence-corrected chi connectivity index (χ0v) is 11.7. The van der Waals surface area contributed by atoms with Crippen LogP contribution in [0.5, 0.6) is 0 Å². The summed E-state index contributed by atoms with van der Waals surface area (Å²) >= 11 is 0. The molecule has 0 aromatic heterocycles. The van der Waals surface area contributed by atoms with Crippen LogP contribution in [0.15, 0.2) is 30.3 Å². The molecule has 4 nitrogen and oxygen atoms in total. The van der Waals surface area contributed by atoms with Crippen molar-refractivity contribution in [3.05, 3.63) is 35.9 Å². The molecule has 20 heavy (non-hydrogen) atoms. The fourth-order valence-electron chi connectivity index (χ4n) is 3.45. The van der Waals surface area contributed by atoms with Gasteiger partial charge in [0.25, 0.3) is 0 Å². The molecule has 3 atom stereocenters. The maximum atomic E-state index is 12.4. The van der Waals surface area contributed by atoms with Gasteiger partial charge in [-0.05, 0) is 17.4 Å². The van der Waals surface area contributed by atoms with E-state index in [4.69, 9.17) is 0 Å². The molecule has 3 unspecified atom stereocenters. The largest absolute Gasteiger partial charge is 0.394 e. The van der Waals surface area contributed by atoms with E-state index in [1.165, 1.54) is 4.90 Å². The normalized spacial score (nSPS) is 28.4. The van der Waals surface area contributed by atoms with Gasteiger partial charge in [0.2, 0.25) is 11.8 Å². The first kappa shape index (κ1) is 13.3. The SMILES string of the molecule is CC1(C)C2C(=O)N(C(CO)Cc3ccccc3)C(=O)C21. The molecule has 106 valence electrons. The predicted molar refractivity (Wildman–Crippen MR) is 73.6 cm³/mol. The smallest absolute Gasteiger partial charge is 0.234 e. The predicted octanol–water partition coefficient (Wildman–Crippen LogP) is 1.23. The molecular formula is C16H19NO3. The zero-order chi connectivity index (χ0) is 14.5. The Kier molecular flexibility index (Phi) is 2.94. The Morgan fingerprint density at radius 2 is 1.70 bits per heavy atom. The van der Waals surface area contributed by atoms with Gasteiger partial charge in [0.05, 0.1) is 24.5 Å². The highest BCUT2D eigenvalue weighted by molar-refractivity contribution is 6.10. The fraction of sp³-hybridized carbons (Fsp3) is 0.500. The number of amides is 2. The van der Waals surface area contributed by atoms with E-state index in [0.29, 0.717) is 6.42 Å². The Hall–Kier alpha value is -1.68. The molecule has 1 N–H and O–H groups in total. The standard InChI is InChI=1S/C16H19NO3/c1-16(2)12-13(16)15(20)17(14(12)19)11(9-18)8-10-6-4-3-5-7-10/h3-7,11-13,18H,8-9H2,1-2H3. The first-order valence-corrected chi connectivity index (χ1v) is 7.00. The highest BCUT2D eigenvalue weighted by Crippen LogP contribution is 2.63. The van der Waals surface area contributed by atoms with Crippen molar-refractivity contribution in [3.63, 3.8) is 0 Å². The van der Waals surface area contributed by atoms with E-state index in [1.54, 1.807) is 0 Å². The minimum atomic E-state index is -0.444. The third kappa shape index (κ3) is 1.79. The monoisotopic (exact) mass is 273 g/mol. The zero-order valence-electron chi connectivity index (χ0n) is 11.7. The van der Waals surface area contributed by atoms with Crippen LogP contribution in [0.1, 0.15) is 19.4 Å². The van der Waals surface area contributed by atoms with E-state index >= 15 is 0 Å². The van der Waals surface area contributed by atoms with E-state index < -0.39 is 6.04 Å². The van der Waals surface area contributed by atoms with Crippen LogP contribution in [0.3, 0.4) is 0 Å². The number of benzene rings is 1. The maximum Gasteiger partial charge on any atom is 0.234 e. The Balaban J connectivity index is 1.78. The lowest BCUT2D eigenvalue weighted by Crippen LogP contribution is -2.46. The lowest BCUT2D eigenvalue weighted by atomic mass is 10.0. The van der Waals surface area contributed by atoms with Crippen molar-refractivity contribution in [2.24, 2.45) is 17.3 Å². The average molecular weight is 273 g/mol. The van der Waals surface area contributed by atoms with E-state index in [-0.39, 0.29) is 35.7 Å². The van der Waals surface area contributed by atoms with Crippen LogP contribution in [0.2, 0.25) is 0 Å². The number of imide groups is 1. The lowest BCUT2D eigenvalue weighted by Gasteiger charge is -2.28. The number of fused-ring (bicyclic) bond motifs is 1. The van der Waals surface area contributed by atoms with Crippen molar-refractivity contribution < 1.29 is 14.7 Å². The Labute approximate surface area is 118 Å². The van der Waals surface area contributed by atoms with Crippen molar-refractivity contribution in [3.8, 4) is 0 Å². The molecule has 1 aromatic rings. The topological polar surface area (TPSA) is 57.6 Å². The molecule has 1 aliphatic carbocycles. The van der Waals surface area contributed by atoms with Crippen LogP contribution in [0.25, 0.3) is 0 Å². The summed E-state index contributed by atoms with van der Waals surface area (Å²) in [5.41, 5.74) is 0.823. The number of likely N-dealkylation sites (tertiary alicyclic amines) is 1. The number of carbonyl (C=O) groups is 2. The Morgan fingerprint density at radius 3 is 2.20 bits per heavy atom. The molecule has 4 heteroatoms. The number of hydrogen-bond acceptors (Lipinski definition) is 3. The highest BCUT2D eigenvalue weighted by atomic mass is 16.3. The van der Waals surface area contributed by atoms with Crippen LogP contribution < -0.4 is 0 Å². The first-order valence-electron chi connectivity index (χ1n) is 7.00. The lowest BCUT2D eigenvalue weighted by molar-refractivity contribution is -0.146. The van der Waals surface area contributed by atoms with Crippen LogP contribution in [-0.4, -0.2) is 34.5 Å². The third-order valence-corrected chi connectivity index (χ3v) is 4.72. The molecule has 2 aliphatic rings. The van der Waals surface area contributed by atoms with Gasteiger partial charge in [-0.2, -0.15) is 0 Å². The number of piperidine rings is 1.